The molecule has 1 unspecified atom stereocenters. The Labute approximate surface area is 184 Å². The molecule has 0 spiro atoms. The van der Waals surface area contributed by atoms with Crippen molar-refractivity contribution in [2.24, 2.45) is 16.0 Å². The number of anilines is 2. The zero-order valence-electron chi connectivity index (χ0n) is 17.6. The largest absolute Gasteiger partial charge is 0.492 e. The highest BCUT2D eigenvalue weighted by Crippen LogP contribution is 2.30. The van der Waals surface area contributed by atoms with Gasteiger partial charge in [-0.25, -0.2) is 9.19 Å². The fourth-order valence-corrected chi connectivity index (χ4v) is 4.50. The van der Waals surface area contributed by atoms with E-state index >= 15 is 0 Å². The fraction of sp³-hybridized carbons (Fsp3) is 0.381. The first-order chi connectivity index (χ1) is 14.9. The highest BCUT2D eigenvalue weighted by molar-refractivity contribution is 7.85. The lowest BCUT2D eigenvalue weighted by molar-refractivity contribution is 0.0633. The van der Waals surface area contributed by atoms with E-state index in [-0.39, 0.29) is 17.7 Å². The van der Waals surface area contributed by atoms with Crippen LogP contribution in [0, 0.1) is 5.92 Å². The number of benzene rings is 1. The molecule has 1 aromatic heterocycles. The van der Waals surface area contributed by atoms with Gasteiger partial charge in [-0.2, -0.15) is 4.40 Å². The number of nitrogens with two attached hydrogens (primary N) is 1. The van der Waals surface area contributed by atoms with Gasteiger partial charge in [-0.05, 0) is 37.1 Å². The minimum Gasteiger partial charge on any atom is -0.492 e. The molecular weight excluding hydrogens is 416 g/mol. The van der Waals surface area contributed by atoms with Crippen LogP contribution in [0.1, 0.15) is 28.8 Å². The number of pyridine rings is 1. The van der Waals surface area contributed by atoms with Gasteiger partial charge in [0.2, 0.25) is 11.2 Å². The Balaban J connectivity index is 1.42. The van der Waals surface area contributed by atoms with Gasteiger partial charge in [0, 0.05) is 44.9 Å². The van der Waals surface area contributed by atoms with Gasteiger partial charge in [-0.15, -0.1) is 0 Å². The van der Waals surface area contributed by atoms with Crippen molar-refractivity contribution >= 4 is 34.4 Å². The Morgan fingerprint density at radius 1 is 1.39 bits per heavy atom. The summed E-state index contributed by atoms with van der Waals surface area (Å²) in [6.07, 6.45) is 3.56. The van der Waals surface area contributed by atoms with E-state index < -0.39 is 11.2 Å². The summed E-state index contributed by atoms with van der Waals surface area (Å²) in [6, 6.07) is 9.00. The average molecular weight is 443 g/mol. The van der Waals surface area contributed by atoms with Crippen LogP contribution < -0.4 is 20.1 Å². The number of fused-ring (bicyclic) bond motifs is 1. The van der Waals surface area contributed by atoms with E-state index in [0.29, 0.717) is 35.7 Å². The van der Waals surface area contributed by atoms with E-state index in [0.717, 1.165) is 25.2 Å². The highest BCUT2D eigenvalue weighted by atomic mass is 32.2. The molecule has 2 aliphatic heterocycles. The lowest BCUT2D eigenvalue weighted by Crippen LogP contribution is -2.41. The van der Waals surface area contributed by atoms with Crippen molar-refractivity contribution in [1.82, 2.24) is 9.88 Å². The number of nitrogens with zero attached hydrogens (tertiary/aromatic N) is 4. The fourth-order valence-electron chi connectivity index (χ4n) is 3.82. The summed E-state index contributed by atoms with van der Waals surface area (Å²) in [4.78, 5) is 21.1. The second-order valence-corrected chi connectivity index (χ2v) is 8.76. The lowest BCUT2D eigenvalue weighted by Gasteiger charge is -2.33. The van der Waals surface area contributed by atoms with Crippen LogP contribution in [0.4, 0.5) is 11.5 Å². The number of hydrogen-bond donors (Lipinski definition) is 2. The molecule has 9 nitrogen and oxygen atoms in total. The topological polar surface area (TPSA) is 113 Å². The molecule has 4 rings (SSSR count). The van der Waals surface area contributed by atoms with Gasteiger partial charge in [-0.1, -0.05) is 6.07 Å². The number of ether oxygens (including phenoxy) is 1. The van der Waals surface area contributed by atoms with Gasteiger partial charge in [0.25, 0.3) is 5.91 Å². The Morgan fingerprint density at radius 2 is 2.23 bits per heavy atom. The first-order valence-electron chi connectivity index (χ1n) is 10.1. The Morgan fingerprint density at radius 3 is 3.03 bits per heavy atom. The summed E-state index contributed by atoms with van der Waals surface area (Å²) in [6.45, 7) is 1.81. The smallest absolute Gasteiger partial charge is 0.254 e. The Hall–Kier alpha value is -3.14. The molecule has 2 aromatic rings. The molecule has 1 aromatic carbocycles. The molecule has 1 amide bonds. The third kappa shape index (κ3) is 4.63. The molecule has 0 aliphatic carbocycles. The van der Waals surface area contributed by atoms with E-state index in [4.69, 9.17) is 10.5 Å². The number of nitrogens with one attached hydrogen (secondary N) is 1. The molecule has 1 fully saturated rings. The second kappa shape index (κ2) is 8.93. The van der Waals surface area contributed by atoms with Crippen molar-refractivity contribution in [3.63, 3.8) is 0 Å². The van der Waals surface area contributed by atoms with Crippen LogP contribution in [-0.4, -0.2) is 59.6 Å². The first kappa shape index (κ1) is 21.1. The average Bonchev–Trinajstić information content (AvgIpc) is 2.77. The second-order valence-electron chi connectivity index (χ2n) is 7.87. The summed E-state index contributed by atoms with van der Waals surface area (Å²) in [7, 11) is 3.80. The van der Waals surface area contributed by atoms with E-state index in [1.807, 2.05) is 42.1 Å². The number of hydrogen-bond acceptors (Lipinski definition) is 6. The predicted octanol–water partition coefficient (Wildman–Crippen LogP) is 1.79. The van der Waals surface area contributed by atoms with Crippen LogP contribution in [0.3, 0.4) is 0 Å². The minimum atomic E-state index is -1.58. The van der Waals surface area contributed by atoms with Gasteiger partial charge in [0.1, 0.15) is 17.4 Å². The summed E-state index contributed by atoms with van der Waals surface area (Å²) in [5.74, 6) is 1.75. The van der Waals surface area contributed by atoms with E-state index in [2.05, 4.69) is 14.1 Å². The third-order valence-corrected chi connectivity index (χ3v) is 6.15. The number of carbonyl (C=O) groups is 1. The van der Waals surface area contributed by atoms with Crippen molar-refractivity contribution in [3.05, 3.63) is 47.7 Å². The number of amides is 1. The Bertz CT molecular complexity index is 1040. The maximum Gasteiger partial charge on any atom is 0.254 e. The highest BCUT2D eigenvalue weighted by Gasteiger charge is 2.26. The van der Waals surface area contributed by atoms with E-state index in [9.17, 15) is 9.00 Å². The van der Waals surface area contributed by atoms with Gasteiger partial charge in [-0.3, -0.25) is 9.52 Å². The predicted molar refractivity (Wildman–Crippen MR) is 122 cm³/mol. The zero-order valence-corrected chi connectivity index (χ0v) is 18.4. The SMILES string of the molecule is CN(C)c1cc(C(=O)N2CCC[C@H](COc3cccc4c3C(N)=NS(=O)N4)C2)ccn1. The van der Waals surface area contributed by atoms with Crippen molar-refractivity contribution in [3.8, 4) is 5.75 Å². The summed E-state index contributed by atoms with van der Waals surface area (Å²) >= 11 is -1.58. The molecule has 10 heteroatoms. The maximum absolute atomic E-state index is 13.0. The summed E-state index contributed by atoms with van der Waals surface area (Å²) in [5.41, 5.74) is 7.88. The number of rotatable bonds is 5. The van der Waals surface area contributed by atoms with Crippen molar-refractivity contribution < 1.29 is 13.7 Å². The maximum atomic E-state index is 13.0. The third-order valence-electron chi connectivity index (χ3n) is 5.39. The number of likely N-dealkylation sites (tertiary alicyclic amines) is 1. The van der Waals surface area contributed by atoms with Crippen LogP contribution in [0.25, 0.3) is 0 Å². The van der Waals surface area contributed by atoms with Crippen LogP contribution >= 0.6 is 0 Å². The molecule has 3 N–H and O–H groups in total. The minimum absolute atomic E-state index is 0.00958. The van der Waals surface area contributed by atoms with E-state index in [1.165, 1.54) is 0 Å². The van der Waals surface area contributed by atoms with Crippen LogP contribution in [0.2, 0.25) is 0 Å². The number of aromatic nitrogens is 1. The van der Waals surface area contributed by atoms with Crippen LogP contribution in [-0.2, 0) is 11.2 Å². The quantitative estimate of drug-likeness (QED) is 0.730. The summed E-state index contributed by atoms with van der Waals surface area (Å²) < 4.78 is 24.4. The van der Waals surface area contributed by atoms with Gasteiger partial charge in [0.05, 0.1) is 17.9 Å². The van der Waals surface area contributed by atoms with Gasteiger partial charge < -0.3 is 20.3 Å². The van der Waals surface area contributed by atoms with Crippen molar-refractivity contribution in [2.75, 3.05) is 43.4 Å². The monoisotopic (exact) mass is 442 g/mol. The molecule has 164 valence electrons. The van der Waals surface area contributed by atoms with Crippen LogP contribution in [0.5, 0.6) is 5.75 Å². The number of amidine groups is 1. The summed E-state index contributed by atoms with van der Waals surface area (Å²) in [5, 5.41) is 0. The van der Waals surface area contributed by atoms with Crippen molar-refractivity contribution in [1.29, 1.82) is 0 Å². The van der Waals surface area contributed by atoms with Crippen molar-refractivity contribution in [2.45, 2.75) is 12.8 Å². The number of carbonyl (C=O) groups excluding carboxylic acids is 1. The standard InChI is InChI=1S/C21H26N6O3S/c1-26(2)18-11-15(8-9-23-18)21(28)27-10-4-5-14(12-27)13-30-17-7-3-6-16-19(17)20(22)25-31(29)24-16/h3,6-9,11,14,24H,4-5,10,12-13H2,1-2H3,(H2,22,25)/t14-,31?/m0/s1. The molecule has 0 bridgehead atoms. The van der Waals surface area contributed by atoms with Gasteiger partial charge in [0.15, 0.2) is 0 Å². The zero-order chi connectivity index (χ0) is 22.0. The Kier molecular flexibility index (Phi) is 6.08. The number of piperidine rings is 1. The normalized spacial score (nSPS) is 20.3. The van der Waals surface area contributed by atoms with Crippen LogP contribution in [0.15, 0.2) is 40.9 Å². The molecule has 1 saturated heterocycles. The molecular formula is C21H26N6O3S. The molecule has 31 heavy (non-hydrogen) atoms. The van der Waals surface area contributed by atoms with E-state index in [1.54, 1.807) is 18.3 Å². The first-order valence-corrected chi connectivity index (χ1v) is 11.2. The molecule has 0 radical (unpaired) electrons. The lowest BCUT2D eigenvalue weighted by atomic mass is 9.98. The molecule has 3 heterocycles. The molecule has 0 saturated carbocycles. The van der Waals surface area contributed by atoms with Gasteiger partial charge >= 0.3 is 0 Å². The molecule has 2 aliphatic rings. The molecule has 2 atom stereocenters.